The van der Waals surface area contributed by atoms with Crippen molar-refractivity contribution in [3.63, 3.8) is 0 Å². The molecule has 11 aliphatic rings. The highest BCUT2D eigenvalue weighted by Crippen LogP contribution is 2.43. The minimum atomic E-state index is -2.53. The van der Waals surface area contributed by atoms with Gasteiger partial charge < -0.3 is 264 Å². The van der Waals surface area contributed by atoms with Crippen LogP contribution >= 0.6 is 0 Å². The Bertz CT molecular complexity index is 3460. The summed E-state index contributed by atoms with van der Waals surface area (Å²) < 4.78 is 127. The van der Waals surface area contributed by atoms with E-state index in [1.807, 2.05) is 0 Å². The number of nitrogens with one attached hydrogen (secondary N) is 3. The molecule has 1 unspecified atom stereocenters. The van der Waals surface area contributed by atoms with Gasteiger partial charge in [0.05, 0.1) is 71.2 Å². The minimum Gasteiger partial charge on any atom is -0.394 e. The van der Waals surface area contributed by atoms with E-state index in [0.29, 0.717) is 0 Å². The maximum absolute atomic E-state index is 13.8. The summed E-state index contributed by atoms with van der Waals surface area (Å²) in [6.07, 6.45) is -108. The summed E-state index contributed by atoms with van der Waals surface area (Å²) in [4.78, 5) is 40.8. The van der Waals surface area contributed by atoms with E-state index in [-0.39, 0.29) is 0 Å². The van der Waals surface area contributed by atoms with Crippen LogP contribution in [0.2, 0.25) is 0 Å². The molecule has 0 aromatic rings. The highest BCUT2D eigenvalue weighted by Gasteiger charge is 2.63. The maximum Gasteiger partial charge on any atom is 0.217 e. The van der Waals surface area contributed by atoms with E-state index in [4.69, 9.17) is 99.5 Å². The number of carbonyl (C=O) groups excluding carboxylic acids is 3. The molecule has 55 atom stereocenters. The zero-order chi connectivity index (χ0) is 94.1. The Balaban J connectivity index is 0.936. The molecule has 0 aromatic heterocycles. The Hall–Kier alpha value is -3.59. The van der Waals surface area contributed by atoms with E-state index in [9.17, 15) is 162 Å². The first kappa shape index (κ1) is 105. The van der Waals surface area contributed by atoms with Crippen LogP contribution in [0.1, 0.15) is 41.5 Å². The fraction of sp³-hybridized carbons (Fsp3) is 0.958. The molecule has 3 amide bonds. The fourth-order valence-electron chi connectivity index (χ4n) is 16.9. The summed E-state index contributed by atoms with van der Waals surface area (Å²) in [5, 5.41) is 331. The van der Waals surface area contributed by atoms with Crippen molar-refractivity contribution in [2.24, 2.45) is 0 Å². The molecule has 0 spiro atoms. The van der Waals surface area contributed by atoms with Gasteiger partial charge in [-0.3, -0.25) is 14.4 Å². The van der Waals surface area contributed by atoms with Crippen molar-refractivity contribution < 1.29 is 262 Å². The zero-order valence-corrected chi connectivity index (χ0v) is 69.2. The fourth-order valence-corrected chi connectivity index (χ4v) is 16.9. The van der Waals surface area contributed by atoms with Crippen molar-refractivity contribution in [2.45, 2.75) is 379 Å². The molecule has 0 saturated carbocycles. The van der Waals surface area contributed by atoms with Crippen LogP contribution in [0.5, 0.6) is 0 Å². The topological polar surface area (TPSA) is 868 Å². The van der Waals surface area contributed by atoms with Crippen molar-refractivity contribution in [2.75, 3.05) is 52.9 Å². The lowest BCUT2D eigenvalue weighted by Crippen LogP contribution is -2.72. The Labute approximate surface area is 725 Å². The SMILES string of the molecule is CC(=O)N[C@H]1[C@H](O[C@H]2[C@@H](O)[C@@H](CO)O[C@@H](O[C@H]3[C@H](O[C@H]4O[C@H](C)[C@H](O)[C@H](O)[C@H]4O)[C@@H](NC(C)=O)[C@H](OC[C@H]4O[C@@H](O[C@H]5[C@H](O)[C@@H](O)C(O)O[C@@H]5CO)[C@H](O)[C@@H](O[C@@H]5O[C@H](CO)[C@@H](O[C@@H]6O[C@H](CO)[C@H](O)[C@H](O)[C@H]6O)[C@H](O[C@@H]6O[C@@H](C)[C@@H](O)[C@@H](O)[C@@H]6O)[C@H]5NC(C)=O)[C@H]4O)O[C@@H]3CO)[C@@H]2O)O[C@H](CO)[C@@H](O[C@@H]2O[C@@H](C)[C@@H](O)[C@@H](O)[C@@H]2O)[C@@H]1O[C@@H]1O[C@H](CO)[C@H](O)[C@H](O)[C@H]1O. The molecule has 11 fully saturated rings. The molecule has 0 aliphatic carbocycles. The van der Waals surface area contributed by atoms with E-state index < -0.39 is 408 Å². The zero-order valence-electron chi connectivity index (χ0n) is 69.2. The van der Waals surface area contributed by atoms with E-state index >= 15 is 0 Å². The highest BCUT2D eigenvalue weighted by molar-refractivity contribution is 5.74. The largest absolute Gasteiger partial charge is 0.394 e. The van der Waals surface area contributed by atoms with Crippen LogP contribution in [0.25, 0.3) is 0 Å². The van der Waals surface area contributed by atoms with Gasteiger partial charge in [0.25, 0.3) is 0 Å². The summed E-state index contributed by atoms with van der Waals surface area (Å²) in [6, 6.07) is -6.14. The molecule has 11 saturated heterocycles. The molecular formula is C72H121N3O53. The number of aliphatic hydroxyl groups is 29. The van der Waals surface area contributed by atoms with Crippen molar-refractivity contribution in [3.8, 4) is 0 Å². The third-order valence-corrected chi connectivity index (χ3v) is 24.1. The van der Waals surface area contributed by atoms with Crippen LogP contribution in [-0.4, -0.2) is 556 Å². The van der Waals surface area contributed by atoms with Crippen LogP contribution in [-0.2, 0) is 114 Å². The van der Waals surface area contributed by atoms with Gasteiger partial charge in [-0.1, -0.05) is 0 Å². The number of carbonyl (C=O) groups is 3. The molecule has 0 radical (unpaired) electrons. The van der Waals surface area contributed by atoms with Crippen molar-refractivity contribution >= 4 is 17.7 Å². The van der Waals surface area contributed by atoms with Crippen LogP contribution in [0.4, 0.5) is 0 Å². The molecule has 11 heterocycles. The molecule has 11 rings (SSSR count). The average molecular weight is 1880 g/mol. The van der Waals surface area contributed by atoms with E-state index in [2.05, 4.69) is 16.0 Å². The van der Waals surface area contributed by atoms with Crippen LogP contribution in [0, 0.1) is 0 Å². The lowest BCUT2D eigenvalue weighted by atomic mass is 9.93. The minimum absolute atomic E-state index is 0.901. The summed E-state index contributed by atoms with van der Waals surface area (Å²) in [5.41, 5.74) is 0. The summed E-state index contributed by atoms with van der Waals surface area (Å²) in [5.74, 6) is -3.07. The Kier molecular flexibility index (Phi) is 37.0. The van der Waals surface area contributed by atoms with Gasteiger partial charge in [-0.2, -0.15) is 0 Å². The van der Waals surface area contributed by atoms with Gasteiger partial charge in [-0.05, 0) is 20.8 Å². The van der Waals surface area contributed by atoms with Crippen LogP contribution in [0.15, 0.2) is 0 Å². The molecule has 11 aliphatic heterocycles. The van der Waals surface area contributed by atoms with Crippen LogP contribution in [0.3, 0.4) is 0 Å². The number of hydrogen-bond acceptors (Lipinski definition) is 53. The number of aliphatic hydroxyl groups excluding tert-OH is 29. The van der Waals surface area contributed by atoms with Gasteiger partial charge in [0.1, 0.15) is 250 Å². The van der Waals surface area contributed by atoms with Crippen LogP contribution < -0.4 is 16.0 Å². The Morgan fingerprint density at radius 3 is 0.773 bits per heavy atom. The standard InChI is InChI=1S/C72H121N3O53/c1-15-32(86)39(93)46(100)66(109-15)121-55-26(12-81)117-64(31(75-20(6)85)59(55)126-70-50(104)43(97)36(90)22(8-77)114-70)127-60-37(91)23(9-78)115-71(51(60)105)123-54-25(11-80)116-63(29(73-18(4)83)57(54)124-67-47(101)40(94)33(87)16(2)110-67)108-14-28-38(92)61(52(106)72(119-28)120-53-24(10-79)112-62(107)45(99)44(53)98)128-65-30(74-19(5)84)58(125-68-48(102)41(95)34(88)17(3)111-68)56(27(13-82)118-65)122-69-49(103)42(96)35(89)21(7-76)113-69/h15-17,21-72,76-82,86-107H,7-14H2,1-6H3,(H,73,83)(H,74,84)(H,75,85)/t15-,16+,17-,21+,22+,23+,24+,25+,26+,27+,28+,29+,30+,31+,32+,33-,34+,35-,36-,37-,38-,39+,40-,41+,42-,43-,44+,45+,46-,47+,48-,49+,50+,51+,52+,53+,54+,55+,56+,57+,58+,59+,60-,61-,62?,63+,64-,65-,66-,67+,68-,69-,70-,71-,72-/m0/s1. The first-order chi connectivity index (χ1) is 60.5. The van der Waals surface area contributed by atoms with Crippen molar-refractivity contribution in [3.05, 3.63) is 0 Å². The molecule has 0 aromatic carbocycles. The number of rotatable bonds is 31. The summed E-state index contributed by atoms with van der Waals surface area (Å²) >= 11 is 0. The molecule has 32 N–H and O–H groups in total. The number of amides is 3. The monoisotopic (exact) mass is 1880 g/mol. The van der Waals surface area contributed by atoms with Gasteiger partial charge >= 0.3 is 0 Å². The van der Waals surface area contributed by atoms with Crippen molar-refractivity contribution in [1.29, 1.82) is 0 Å². The number of ether oxygens (including phenoxy) is 21. The van der Waals surface area contributed by atoms with Gasteiger partial charge in [0.2, 0.25) is 17.7 Å². The quantitative estimate of drug-likeness (QED) is 0.0306. The Morgan fingerprint density at radius 1 is 0.219 bits per heavy atom. The van der Waals surface area contributed by atoms with Gasteiger partial charge in [-0.15, -0.1) is 0 Å². The molecule has 56 nitrogen and oxygen atoms in total. The van der Waals surface area contributed by atoms with Gasteiger partial charge in [0.15, 0.2) is 69.2 Å². The highest BCUT2D eigenvalue weighted by atomic mass is 16.8. The first-order valence-corrected chi connectivity index (χ1v) is 41.2. The second-order valence-corrected chi connectivity index (χ2v) is 33.0. The molecule has 128 heavy (non-hydrogen) atoms. The predicted octanol–water partition coefficient (Wildman–Crippen LogP) is -21.5. The van der Waals surface area contributed by atoms with Crippen molar-refractivity contribution in [1.82, 2.24) is 16.0 Å². The maximum atomic E-state index is 13.8. The second-order valence-electron chi connectivity index (χ2n) is 33.0. The third kappa shape index (κ3) is 22.5. The predicted molar refractivity (Wildman–Crippen MR) is 393 cm³/mol. The first-order valence-electron chi connectivity index (χ1n) is 41.2. The number of hydrogen-bond donors (Lipinski definition) is 32. The lowest BCUT2D eigenvalue weighted by Gasteiger charge is -2.52. The Morgan fingerprint density at radius 2 is 0.453 bits per heavy atom. The second kappa shape index (κ2) is 45.1. The molecular weight excluding hydrogens is 1750 g/mol. The smallest absolute Gasteiger partial charge is 0.217 e. The van der Waals surface area contributed by atoms with E-state index in [1.54, 1.807) is 0 Å². The van der Waals surface area contributed by atoms with E-state index in [0.717, 1.165) is 20.8 Å². The lowest BCUT2D eigenvalue weighted by molar-refractivity contribution is -0.397. The summed E-state index contributed by atoms with van der Waals surface area (Å²) in [6.45, 7) is -2.94. The van der Waals surface area contributed by atoms with E-state index in [1.165, 1.54) is 20.8 Å². The molecule has 56 heteroatoms. The van der Waals surface area contributed by atoms with Gasteiger partial charge in [0, 0.05) is 20.8 Å². The molecule has 0 bridgehead atoms. The average Bonchev–Trinajstić information content (AvgIpc) is 0.759. The normalized spacial score (nSPS) is 51.6. The summed E-state index contributed by atoms with van der Waals surface area (Å²) in [7, 11) is 0. The third-order valence-electron chi connectivity index (χ3n) is 24.1. The van der Waals surface area contributed by atoms with Gasteiger partial charge in [-0.25, -0.2) is 0 Å². The molecule has 742 valence electrons.